The summed E-state index contributed by atoms with van der Waals surface area (Å²) in [6, 6.07) is 13.6. The summed E-state index contributed by atoms with van der Waals surface area (Å²) in [7, 11) is 0. The fraction of sp³-hybridized carbons (Fsp3) is 0.300. The van der Waals surface area contributed by atoms with E-state index in [1.54, 1.807) is 11.8 Å². The normalized spacial score (nSPS) is 16.3. The molecule has 0 spiro atoms. The van der Waals surface area contributed by atoms with Gasteiger partial charge in [0, 0.05) is 23.6 Å². The molecule has 25 heavy (non-hydrogen) atoms. The standard InChI is InChI=1S/C20H21BrN2O2/c1-13-11-16(7-8-18(13)21)22-20(25)12-19-17-6-4-3-5-15(17)9-10-23(19)14(2)24/h3-8,11,19H,9-10,12H2,1-2H3,(H,22,25). The monoisotopic (exact) mass is 400 g/mol. The number of nitrogens with one attached hydrogen (secondary N) is 1. The lowest BCUT2D eigenvalue weighted by Crippen LogP contribution is -2.40. The van der Waals surface area contributed by atoms with E-state index >= 15 is 0 Å². The van der Waals surface area contributed by atoms with Gasteiger partial charge < -0.3 is 10.2 Å². The van der Waals surface area contributed by atoms with Gasteiger partial charge in [0.25, 0.3) is 0 Å². The van der Waals surface area contributed by atoms with Crippen LogP contribution < -0.4 is 5.32 Å². The third kappa shape index (κ3) is 3.93. The average molecular weight is 401 g/mol. The highest BCUT2D eigenvalue weighted by molar-refractivity contribution is 9.10. The number of fused-ring (bicyclic) bond motifs is 1. The molecule has 1 heterocycles. The van der Waals surface area contributed by atoms with Crippen LogP contribution in [0.1, 0.15) is 36.1 Å². The number of anilines is 1. The zero-order valence-electron chi connectivity index (χ0n) is 14.4. The first-order valence-corrected chi connectivity index (χ1v) is 9.16. The Hall–Kier alpha value is -2.14. The second-order valence-electron chi connectivity index (χ2n) is 6.39. The Morgan fingerprint density at radius 2 is 2.00 bits per heavy atom. The summed E-state index contributed by atoms with van der Waals surface area (Å²) in [4.78, 5) is 26.4. The molecular weight excluding hydrogens is 380 g/mol. The van der Waals surface area contributed by atoms with Crippen molar-refractivity contribution >= 4 is 33.4 Å². The highest BCUT2D eigenvalue weighted by atomic mass is 79.9. The summed E-state index contributed by atoms with van der Waals surface area (Å²) >= 11 is 3.46. The van der Waals surface area contributed by atoms with Crippen LogP contribution in [0.25, 0.3) is 0 Å². The molecule has 1 atom stereocenters. The van der Waals surface area contributed by atoms with E-state index < -0.39 is 0 Å². The molecule has 2 aromatic carbocycles. The molecule has 0 aromatic heterocycles. The maximum atomic E-state index is 12.6. The molecule has 0 fully saturated rings. The van der Waals surface area contributed by atoms with Gasteiger partial charge in [0.2, 0.25) is 11.8 Å². The fourth-order valence-electron chi connectivity index (χ4n) is 3.36. The third-order valence-electron chi connectivity index (χ3n) is 4.64. The molecule has 5 heteroatoms. The predicted octanol–water partition coefficient (Wildman–Crippen LogP) is 4.23. The van der Waals surface area contributed by atoms with E-state index in [4.69, 9.17) is 0 Å². The number of carbonyl (C=O) groups is 2. The van der Waals surface area contributed by atoms with E-state index in [1.807, 2.05) is 43.3 Å². The average Bonchev–Trinajstić information content (AvgIpc) is 2.58. The molecule has 0 saturated heterocycles. The van der Waals surface area contributed by atoms with Gasteiger partial charge in [-0.3, -0.25) is 9.59 Å². The molecule has 1 aliphatic rings. The van der Waals surface area contributed by atoms with E-state index in [9.17, 15) is 9.59 Å². The first kappa shape index (κ1) is 17.7. The lowest BCUT2D eigenvalue weighted by molar-refractivity contribution is -0.132. The molecule has 0 bridgehead atoms. The second-order valence-corrected chi connectivity index (χ2v) is 7.25. The largest absolute Gasteiger partial charge is 0.335 e. The van der Waals surface area contributed by atoms with Gasteiger partial charge in [0.15, 0.2) is 0 Å². The van der Waals surface area contributed by atoms with Gasteiger partial charge in [-0.05, 0) is 48.2 Å². The van der Waals surface area contributed by atoms with Crippen molar-refractivity contribution in [2.75, 3.05) is 11.9 Å². The number of hydrogen-bond acceptors (Lipinski definition) is 2. The van der Waals surface area contributed by atoms with Crippen molar-refractivity contribution in [2.45, 2.75) is 32.7 Å². The van der Waals surface area contributed by atoms with Gasteiger partial charge in [0.05, 0.1) is 12.5 Å². The van der Waals surface area contributed by atoms with Gasteiger partial charge in [-0.25, -0.2) is 0 Å². The van der Waals surface area contributed by atoms with Crippen LogP contribution in [0.2, 0.25) is 0 Å². The lowest BCUT2D eigenvalue weighted by Gasteiger charge is -2.36. The number of amides is 2. The number of aryl methyl sites for hydroxylation is 1. The van der Waals surface area contributed by atoms with E-state index in [-0.39, 0.29) is 24.3 Å². The quantitative estimate of drug-likeness (QED) is 0.837. The van der Waals surface area contributed by atoms with Crippen molar-refractivity contribution in [3.05, 3.63) is 63.6 Å². The first-order valence-electron chi connectivity index (χ1n) is 8.36. The van der Waals surface area contributed by atoms with Gasteiger partial charge in [-0.1, -0.05) is 40.2 Å². The minimum Gasteiger partial charge on any atom is -0.335 e. The van der Waals surface area contributed by atoms with Crippen molar-refractivity contribution in [2.24, 2.45) is 0 Å². The maximum Gasteiger partial charge on any atom is 0.226 e. The molecule has 0 saturated carbocycles. The number of nitrogens with zero attached hydrogens (tertiary/aromatic N) is 1. The van der Waals surface area contributed by atoms with Crippen LogP contribution >= 0.6 is 15.9 Å². The van der Waals surface area contributed by atoms with Crippen LogP contribution in [-0.2, 0) is 16.0 Å². The van der Waals surface area contributed by atoms with Crippen molar-refractivity contribution in [3.8, 4) is 0 Å². The summed E-state index contributed by atoms with van der Waals surface area (Å²) in [5.41, 5.74) is 4.12. The SMILES string of the molecule is CC(=O)N1CCc2ccccc2C1CC(=O)Nc1ccc(Br)c(C)c1. The smallest absolute Gasteiger partial charge is 0.226 e. The Morgan fingerprint density at radius 3 is 2.72 bits per heavy atom. The number of hydrogen-bond donors (Lipinski definition) is 1. The van der Waals surface area contributed by atoms with Crippen molar-refractivity contribution in [3.63, 3.8) is 0 Å². The summed E-state index contributed by atoms with van der Waals surface area (Å²) in [5, 5.41) is 2.95. The van der Waals surface area contributed by atoms with E-state index in [1.165, 1.54) is 5.56 Å². The molecule has 2 amide bonds. The summed E-state index contributed by atoms with van der Waals surface area (Å²) in [6.07, 6.45) is 1.09. The molecule has 3 rings (SSSR count). The van der Waals surface area contributed by atoms with Crippen LogP contribution in [0.5, 0.6) is 0 Å². The van der Waals surface area contributed by atoms with Gasteiger partial charge >= 0.3 is 0 Å². The molecule has 0 aliphatic carbocycles. The maximum absolute atomic E-state index is 12.6. The third-order valence-corrected chi connectivity index (χ3v) is 5.53. The Labute approximate surface area is 156 Å². The van der Waals surface area contributed by atoms with Crippen molar-refractivity contribution in [1.29, 1.82) is 0 Å². The molecule has 1 aliphatic heterocycles. The summed E-state index contributed by atoms with van der Waals surface area (Å²) in [6.45, 7) is 4.20. The van der Waals surface area contributed by atoms with Crippen molar-refractivity contribution < 1.29 is 9.59 Å². The molecule has 130 valence electrons. The van der Waals surface area contributed by atoms with Crippen molar-refractivity contribution in [1.82, 2.24) is 4.90 Å². The predicted molar refractivity (Wildman–Crippen MR) is 102 cm³/mol. The Morgan fingerprint density at radius 1 is 1.24 bits per heavy atom. The Bertz CT molecular complexity index is 819. The highest BCUT2D eigenvalue weighted by Crippen LogP contribution is 2.32. The molecule has 1 N–H and O–H groups in total. The Kier molecular flexibility index (Phi) is 5.23. The van der Waals surface area contributed by atoms with E-state index in [0.29, 0.717) is 6.54 Å². The number of rotatable bonds is 3. The first-order chi connectivity index (χ1) is 12.0. The number of benzene rings is 2. The lowest BCUT2D eigenvalue weighted by atomic mass is 9.90. The fourth-order valence-corrected chi connectivity index (χ4v) is 3.61. The van der Waals surface area contributed by atoms with Gasteiger partial charge in [-0.2, -0.15) is 0 Å². The summed E-state index contributed by atoms with van der Waals surface area (Å²) < 4.78 is 1.01. The molecule has 1 unspecified atom stereocenters. The zero-order chi connectivity index (χ0) is 18.0. The van der Waals surface area contributed by atoms with Crippen LogP contribution in [-0.4, -0.2) is 23.3 Å². The molecule has 4 nitrogen and oxygen atoms in total. The topological polar surface area (TPSA) is 49.4 Å². The van der Waals surface area contributed by atoms with Crippen LogP contribution in [0.4, 0.5) is 5.69 Å². The number of carbonyl (C=O) groups excluding carboxylic acids is 2. The zero-order valence-corrected chi connectivity index (χ0v) is 16.0. The minimum absolute atomic E-state index is 0.00629. The molecular formula is C20H21BrN2O2. The van der Waals surface area contributed by atoms with Gasteiger partial charge in [-0.15, -0.1) is 0 Å². The van der Waals surface area contributed by atoms with Crippen LogP contribution in [0.15, 0.2) is 46.9 Å². The number of halogens is 1. The molecule has 2 aromatic rings. The molecule has 0 radical (unpaired) electrons. The van der Waals surface area contributed by atoms with E-state index in [2.05, 4.69) is 27.3 Å². The van der Waals surface area contributed by atoms with Gasteiger partial charge in [0.1, 0.15) is 0 Å². The Balaban J connectivity index is 1.80. The van der Waals surface area contributed by atoms with Crippen LogP contribution in [0, 0.1) is 6.92 Å². The summed E-state index contributed by atoms with van der Waals surface area (Å²) in [5.74, 6) is -0.0820. The second kappa shape index (κ2) is 7.40. The van der Waals surface area contributed by atoms with E-state index in [0.717, 1.165) is 27.7 Å². The minimum atomic E-state index is -0.209. The van der Waals surface area contributed by atoms with Crippen LogP contribution in [0.3, 0.4) is 0 Å². The highest BCUT2D eigenvalue weighted by Gasteiger charge is 2.30.